The Morgan fingerprint density at radius 1 is 1.00 bits per heavy atom. The lowest BCUT2D eigenvalue weighted by Gasteiger charge is -2.48. The van der Waals surface area contributed by atoms with Crippen LogP contribution in [0.5, 0.6) is 0 Å². The molecular formula is C15H23NO10. The fourth-order valence-corrected chi connectivity index (χ4v) is 2.60. The molecule has 0 radical (unpaired) electrons. The number of esters is 3. The lowest BCUT2D eigenvalue weighted by Crippen LogP contribution is -2.72. The highest BCUT2D eigenvalue weighted by molar-refractivity contribution is 5.74. The van der Waals surface area contributed by atoms with Gasteiger partial charge in [-0.2, -0.15) is 0 Å². The van der Waals surface area contributed by atoms with Crippen molar-refractivity contribution in [2.24, 2.45) is 0 Å². The summed E-state index contributed by atoms with van der Waals surface area (Å²) in [5.74, 6) is -5.23. The highest BCUT2D eigenvalue weighted by Gasteiger charge is 2.57. The van der Waals surface area contributed by atoms with E-state index in [1.807, 2.05) is 0 Å². The SMILES string of the molecule is CC(=O)N[C@@H]1[C@@H](OC(C)=O)[C@@H](OC(C)=O)[C@@H](COC(C)=O)O[C@@]1(O)CO. The number of carbonyl (C=O) groups is 4. The molecule has 0 aromatic rings. The van der Waals surface area contributed by atoms with Gasteiger partial charge in [0, 0.05) is 27.7 Å². The molecule has 1 rings (SSSR count). The zero-order chi connectivity index (χ0) is 20.1. The Morgan fingerprint density at radius 2 is 1.54 bits per heavy atom. The van der Waals surface area contributed by atoms with Gasteiger partial charge in [0.15, 0.2) is 12.2 Å². The third-order valence-corrected chi connectivity index (χ3v) is 3.50. The Morgan fingerprint density at radius 3 is 1.96 bits per heavy atom. The van der Waals surface area contributed by atoms with Crippen molar-refractivity contribution in [1.29, 1.82) is 0 Å². The van der Waals surface area contributed by atoms with Gasteiger partial charge in [0.25, 0.3) is 0 Å². The van der Waals surface area contributed by atoms with E-state index in [4.69, 9.17) is 18.9 Å². The van der Waals surface area contributed by atoms with Crippen LogP contribution in [-0.4, -0.2) is 77.4 Å². The molecule has 148 valence electrons. The quantitative estimate of drug-likeness (QED) is 0.349. The maximum absolute atomic E-state index is 11.5. The molecule has 0 aromatic heterocycles. The molecule has 1 amide bonds. The van der Waals surface area contributed by atoms with Crippen molar-refractivity contribution in [1.82, 2.24) is 5.32 Å². The minimum atomic E-state index is -2.38. The van der Waals surface area contributed by atoms with Gasteiger partial charge in [-0.25, -0.2) is 0 Å². The van der Waals surface area contributed by atoms with Crippen LogP contribution in [0.3, 0.4) is 0 Å². The fraction of sp³-hybridized carbons (Fsp3) is 0.733. The molecule has 5 atom stereocenters. The van der Waals surface area contributed by atoms with E-state index >= 15 is 0 Å². The van der Waals surface area contributed by atoms with E-state index in [-0.39, 0.29) is 0 Å². The van der Waals surface area contributed by atoms with Gasteiger partial charge in [-0.3, -0.25) is 19.2 Å². The molecule has 0 aliphatic carbocycles. The Hall–Kier alpha value is -2.24. The van der Waals surface area contributed by atoms with Gasteiger partial charge in [-0.1, -0.05) is 0 Å². The summed E-state index contributed by atoms with van der Waals surface area (Å²) in [6, 6.07) is -1.45. The van der Waals surface area contributed by atoms with E-state index in [0.29, 0.717) is 0 Å². The average Bonchev–Trinajstić information content (AvgIpc) is 2.50. The fourth-order valence-electron chi connectivity index (χ4n) is 2.60. The first-order valence-electron chi connectivity index (χ1n) is 7.76. The molecule has 0 bridgehead atoms. The van der Waals surface area contributed by atoms with Crippen LogP contribution in [0.4, 0.5) is 0 Å². The zero-order valence-corrected chi connectivity index (χ0v) is 14.9. The van der Waals surface area contributed by atoms with Crippen molar-refractivity contribution in [3.63, 3.8) is 0 Å². The molecule has 26 heavy (non-hydrogen) atoms. The molecule has 1 aliphatic rings. The summed E-state index contributed by atoms with van der Waals surface area (Å²) >= 11 is 0. The smallest absolute Gasteiger partial charge is 0.303 e. The summed E-state index contributed by atoms with van der Waals surface area (Å²) in [4.78, 5) is 45.5. The Bertz CT molecular complexity index is 565. The van der Waals surface area contributed by atoms with Crippen molar-refractivity contribution in [2.75, 3.05) is 13.2 Å². The molecule has 0 aromatic carbocycles. The molecule has 3 N–H and O–H groups in total. The van der Waals surface area contributed by atoms with Crippen molar-refractivity contribution in [2.45, 2.75) is 57.8 Å². The maximum Gasteiger partial charge on any atom is 0.303 e. The second-order valence-corrected chi connectivity index (χ2v) is 5.79. The molecule has 1 aliphatic heterocycles. The number of hydrogen-bond donors (Lipinski definition) is 3. The van der Waals surface area contributed by atoms with Crippen LogP contribution in [0.2, 0.25) is 0 Å². The van der Waals surface area contributed by atoms with Crippen LogP contribution >= 0.6 is 0 Å². The number of nitrogens with one attached hydrogen (secondary N) is 1. The first kappa shape index (κ1) is 21.8. The summed E-state index contributed by atoms with van der Waals surface area (Å²) in [6.07, 6.45) is -4.00. The van der Waals surface area contributed by atoms with Crippen LogP contribution in [0.1, 0.15) is 27.7 Å². The van der Waals surface area contributed by atoms with Gasteiger partial charge in [-0.05, 0) is 0 Å². The first-order valence-corrected chi connectivity index (χ1v) is 7.76. The predicted molar refractivity (Wildman–Crippen MR) is 82.3 cm³/mol. The van der Waals surface area contributed by atoms with Gasteiger partial charge >= 0.3 is 17.9 Å². The van der Waals surface area contributed by atoms with E-state index in [1.165, 1.54) is 0 Å². The molecule has 1 fully saturated rings. The molecule has 11 nitrogen and oxygen atoms in total. The summed E-state index contributed by atoms with van der Waals surface area (Å²) in [5, 5.41) is 22.5. The lowest BCUT2D eigenvalue weighted by molar-refractivity contribution is -0.330. The largest absolute Gasteiger partial charge is 0.463 e. The van der Waals surface area contributed by atoms with E-state index in [2.05, 4.69) is 5.32 Å². The second kappa shape index (κ2) is 8.92. The normalized spacial score (nSPS) is 30.8. The van der Waals surface area contributed by atoms with Gasteiger partial charge in [0.1, 0.15) is 18.8 Å². The molecule has 1 heterocycles. The average molecular weight is 377 g/mol. The highest BCUT2D eigenvalue weighted by atomic mass is 16.7. The summed E-state index contributed by atoms with van der Waals surface area (Å²) < 4.78 is 20.4. The lowest BCUT2D eigenvalue weighted by atomic mass is 9.89. The maximum atomic E-state index is 11.5. The number of aliphatic hydroxyl groups excluding tert-OH is 1. The number of carbonyl (C=O) groups excluding carboxylic acids is 4. The summed E-state index contributed by atoms with van der Waals surface area (Å²) in [6.45, 7) is 2.98. The number of aliphatic hydroxyl groups is 2. The Labute approximate surface area is 149 Å². The van der Waals surface area contributed by atoms with Crippen molar-refractivity contribution < 1.29 is 48.3 Å². The van der Waals surface area contributed by atoms with E-state index in [0.717, 1.165) is 27.7 Å². The van der Waals surface area contributed by atoms with Crippen molar-refractivity contribution in [3.8, 4) is 0 Å². The third-order valence-electron chi connectivity index (χ3n) is 3.50. The van der Waals surface area contributed by atoms with Gasteiger partial charge in [0.2, 0.25) is 11.7 Å². The van der Waals surface area contributed by atoms with Crippen LogP contribution < -0.4 is 5.32 Å². The number of ether oxygens (including phenoxy) is 4. The molecule has 11 heteroatoms. The second-order valence-electron chi connectivity index (χ2n) is 5.79. The first-order chi connectivity index (χ1) is 12.0. The van der Waals surface area contributed by atoms with Crippen LogP contribution in [-0.2, 0) is 38.1 Å². The van der Waals surface area contributed by atoms with Crippen LogP contribution in [0.15, 0.2) is 0 Å². The summed E-state index contributed by atoms with van der Waals surface area (Å²) in [5.41, 5.74) is 0. The zero-order valence-electron chi connectivity index (χ0n) is 14.9. The molecule has 0 unspecified atom stereocenters. The standard InChI is InChI=1S/C15H23NO10/c1-7(18)16-14-13(25-10(4)21)12(24-9(3)20)11(5-23-8(2)19)26-15(14,22)6-17/h11-14,17,22H,5-6H2,1-4H3,(H,16,18)/t11-,12+,13+,14-,15+/m1/s1. The number of amides is 1. The number of hydrogen-bond acceptors (Lipinski definition) is 10. The van der Waals surface area contributed by atoms with Crippen LogP contribution in [0, 0.1) is 0 Å². The van der Waals surface area contributed by atoms with Gasteiger partial charge < -0.3 is 34.5 Å². The van der Waals surface area contributed by atoms with E-state index in [9.17, 15) is 29.4 Å². The molecule has 0 spiro atoms. The van der Waals surface area contributed by atoms with Crippen LogP contribution in [0.25, 0.3) is 0 Å². The van der Waals surface area contributed by atoms with E-state index in [1.54, 1.807) is 0 Å². The molecule has 1 saturated heterocycles. The van der Waals surface area contributed by atoms with Gasteiger partial charge in [0.05, 0.1) is 6.61 Å². The highest BCUT2D eigenvalue weighted by Crippen LogP contribution is 2.32. The molecular weight excluding hydrogens is 354 g/mol. The van der Waals surface area contributed by atoms with Gasteiger partial charge in [-0.15, -0.1) is 0 Å². The van der Waals surface area contributed by atoms with Crippen molar-refractivity contribution >= 4 is 23.8 Å². The monoisotopic (exact) mass is 377 g/mol. The predicted octanol–water partition coefficient (Wildman–Crippen LogP) is -2.00. The summed E-state index contributed by atoms with van der Waals surface area (Å²) in [7, 11) is 0. The number of rotatable bonds is 6. The van der Waals surface area contributed by atoms with Crippen molar-refractivity contribution in [3.05, 3.63) is 0 Å². The molecule has 0 saturated carbocycles. The van der Waals surface area contributed by atoms with E-state index < -0.39 is 67.2 Å². The third kappa shape index (κ3) is 5.64. The minimum Gasteiger partial charge on any atom is -0.463 e. The topological polar surface area (TPSA) is 158 Å². The minimum absolute atomic E-state index is 0.458. The Balaban J connectivity index is 3.32. The Kier molecular flexibility index (Phi) is 7.48.